The maximum Gasteiger partial charge on any atom is 0.222 e. The van der Waals surface area contributed by atoms with Crippen LogP contribution in [0.25, 0.3) is 0 Å². The molecule has 1 heterocycles. The van der Waals surface area contributed by atoms with Crippen LogP contribution in [0.1, 0.15) is 37.8 Å². The average molecular weight is 278 g/mol. The van der Waals surface area contributed by atoms with Crippen LogP contribution in [0, 0.1) is 5.82 Å². The van der Waals surface area contributed by atoms with Gasteiger partial charge in [0.2, 0.25) is 5.91 Å². The van der Waals surface area contributed by atoms with E-state index in [9.17, 15) is 9.18 Å². The van der Waals surface area contributed by atoms with Crippen LogP contribution in [0.3, 0.4) is 0 Å². The van der Waals surface area contributed by atoms with Gasteiger partial charge in [0.05, 0.1) is 6.04 Å². The number of unbranched alkanes of at least 4 members (excludes halogenated alkanes) is 1. The van der Waals surface area contributed by atoms with Crippen molar-refractivity contribution in [2.24, 2.45) is 0 Å². The van der Waals surface area contributed by atoms with Crippen molar-refractivity contribution in [3.8, 4) is 0 Å². The van der Waals surface area contributed by atoms with Gasteiger partial charge in [-0.25, -0.2) is 4.39 Å². The number of nitrogens with zero attached hydrogens (tertiary/aromatic N) is 2. The van der Waals surface area contributed by atoms with Crippen molar-refractivity contribution in [1.29, 1.82) is 0 Å². The Morgan fingerprint density at radius 1 is 1.35 bits per heavy atom. The number of benzene rings is 1. The van der Waals surface area contributed by atoms with E-state index < -0.39 is 0 Å². The van der Waals surface area contributed by atoms with E-state index in [-0.39, 0.29) is 17.8 Å². The lowest BCUT2D eigenvalue weighted by Crippen LogP contribution is -2.49. The molecule has 1 aliphatic heterocycles. The Labute approximate surface area is 120 Å². The molecule has 0 aromatic heterocycles. The van der Waals surface area contributed by atoms with Gasteiger partial charge in [-0.1, -0.05) is 31.5 Å². The zero-order valence-corrected chi connectivity index (χ0v) is 12.3. The van der Waals surface area contributed by atoms with Crippen molar-refractivity contribution in [2.75, 3.05) is 26.7 Å². The van der Waals surface area contributed by atoms with Crippen molar-refractivity contribution in [2.45, 2.75) is 32.2 Å². The van der Waals surface area contributed by atoms with E-state index in [0.29, 0.717) is 18.5 Å². The maximum atomic E-state index is 13.9. The summed E-state index contributed by atoms with van der Waals surface area (Å²) in [5.74, 6) is 0.00787. The molecular weight excluding hydrogens is 255 g/mol. The Bertz CT molecular complexity index is 464. The van der Waals surface area contributed by atoms with Crippen LogP contribution >= 0.6 is 0 Å². The zero-order chi connectivity index (χ0) is 14.5. The molecule has 0 radical (unpaired) electrons. The Morgan fingerprint density at radius 3 is 2.80 bits per heavy atom. The van der Waals surface area contributed by atoms with Gasteiger partial charge in [0, 0.05) is 31.6 Å². The molecule has 1 atom stereocenters. The quantitative estimate of drug-likeness (QED) is 0.845. The predicted molar refractivity (Wildman–Crippen MR) is 77.9 cm³/mol. The first kappa shape index (κ1) is 15.0. The van der Waals surface area contributed by atoms with E-state index in [4.69, 9.17) is 0 Å². The SMILES string of the molecule is CCCCC(=O)N1CCN(C)C(c2ccccc2F)C1. The summed E-state index contributed by atoms with van der Waals surface area (Å²) in [4.78, 5) is 16.1. The van der Waals surface area contributed by atoms with E-state index >= 15 is 0 Å². The highest BCUT2D eigenvalue weighted by atomic mass is 19.1. The molecule has 1 saturated heterocycles. The second-order valence-corrected chi connectivity index (χ2v) is 5.46. The largest absolute Gasteiger partial charge is 0.339 e. The number of amides is 1. The van der Waals surface area contributed by atoms with Gasteiger partial charge in [-0.05, 0) is 19.5 Å². The van der Waals surface area contributed by atoms with E-state index in [1.54, 1.807) is 6.07 Å². The number of rotatable bonds is 4. The molecule has 3 nitrogen and oxygen atoms in total. The Kier molecular flexibility index (Phi) is 5.12. The van der Waals surface area contributed by atoms with Crippen molar-refractivity contribution in [3.63, 3.8) is 0 Å². The molecule has 1 aromatic carbocycles. The second kappa shape index (κ2) is 6.84. The number of carbonyl (C=O) groups is 1. The fourth-order valence-electron chi connectivity index (χ4n) is 2.67. The molecule has 1 amide bonds. The first-order valence-corrected chi connectivity index (χ1v) is 7.36. The first-order valence-electron chi connectivity index (χ1n) is 7.36. The molecule has 1 fully saturated rings. The lowest BCUT2D eigenvalue weighted by Gasteiger charge is -2.39. The molecule has 1 aromatic rings. The van der Waals surface area contributed by atoms with Gasteiger partial charge in [0.25, 0.3) is 0 Å². The van der Waals surface area contributed by atoms with Gasteiger partial charge in [-0.2, -0.15) is 0 Å². The van der Waals surface area contributed by atoms with Crippen LogP contribution in [0.15, 0.2) is 24.3 Å². The van der Waals surface area contributed by atoms with Crippen molar-refractivity contribution < 1.29 is 9.18 Å². The third-order valence-corrected chi connectivity index (χ3v) is 4.01. The van der Waals surface area contributed by atoms with E-state index in [0.717, 1.165) is 25.9 Å². The van der Waals surface area contributed by atoms with Gasteiger partial charge in [-0.15, -0.1) is 0 Å². The first-order chi connectivity index (χ1) is 9.63. The third-order valence-electron chi connectivity index (χ3n) is 4.01. The topological polar surface area (TPSA) is 23.6 Å². The fraction of sp³-hybridized carbons (Fsp3) is 0.562. The summed E-state index contributed by atoms with van der Waals surface area (Å²) in [6.07, 6.45) is 2.55. The number of halogens is 1. The Morgan fingerprint density at radius 2 is 2.10 bits per heavy atom. The minimum atomic E-state index is -0.188. The van der Waals surface area contributed by atoms with Crippen LogP contribution < -0.4 is 0 Å². The summed E-state index contributed by atoms with van der Waals surface area (Å²) >= 11 is 0. The Balaban J connectivity index is 2.09. The van der Waals surface area contributed by atoms with Crippen LogP contribution in [-0.2, 0) is 4.79 Å². The normalized spacial score (nSPS) is 20.1. The van der Waals surface area contributed by atoms with Gasteiger partial charge < -0.3 is 4.90 Å². The standard InChI is InChI=1S/C16H23FN2O/c1-3-4-9-16(20)19-11-10-18(2)15(12-19)13-7-5-6-8-14(13)17/h5-8,15H,3-4,9-12H2,1-2H3. The maximum absolute atomic E-state index is 13.9. The molecule has 20 heavy (non-hydrogen) atoms. The average Bonchev–Trinajstić information content (AvgIpc) is 2.46. The van der Waals surface area contributed by atoms with Crippen molar-refractivity contribution in [1.82, 2.24) is 9.80 Å². The molecule has 4 heteroatoms. The molecule has 110 valence electrons. The molecular formula is C16H23FN2O. The van der Waals surface area contributed by atoms with Gasteiger partial charge >= 0.3 is 0 Å². The molecule has 0 spiro atoms. The van der Waals surface area contributed by atoms with E-state index in [1.807, 2.05) is 24.1 Å². The van der Waals surface area contributed by atoms with Crippen molar-refractivity contribution >= 4 is 5.91 Å². The van der Waals surface area contributed by atoms with Gasteiger partial charge in [-0.3, -0.25) is 9.69 Å². The predicted octanol–water partition coefficient (Wildman–Crippen LogP) is 2.83. The Hall–Kier alpha value is -1.42. The highest BCUT2D eigenvalue weighted by Crippen LogP contribution is 2.26. The van der Waals surface area contributed by atoms with E-state index in [2.05, 4.69) is 11.8 Å². The number of hydrogen-bond donors (Lipinski definition) is 0. The van der Waals surface area contributed by atoms with Crippen LogP contribution in [0.5, 0.6) is 0 Å². The minimum Gasteiger partial charge on any atom is -0.339 e. The monoisotopic (exact) mass is 278 g/mol. The summed E-state index contributed by atoms with van der Waals surface area (Å²) in [6.45, 7) is 4.19. The minimum absolute atomic E-state index is 0.0458. The number of piperazine rings is 1. The molecule has 2 rings (SSSR count). The highest BCUT2D eigenvalue weighted by Gasteiger charge is 2.29. The lowest BCUT2D eigenvalue weighted by molar-refractivity contribution is -0.134. The molecule has 1 unspecified atom stereocenters. The second-order valence-electron chi connectivity index (χ2n) is 5.46. The summed E-state index contributed by atoms with van der Waals surface area (Å²) in [5.41, 5.74) is 0.683. The summed E-state index contributed by atoms with van der Waals surface area (Å²) < 4.78 is 13.9. The summed E-state index contributed by atoms with van der Waals surface area (Å²) in [5, 5.41) is 0. The number of likely N-dealkylation sites (N-methyl/N-ethyl adjacent to an activating group) is 1. The number of hydrogen-bond acceptors (Lipinski definition) is 2. The number of carbonyl (C=O) groups excluding carboxylic acids is 1. The third kappa shape index (κ3) is 3.37. The highest BCUT2D eigenvalue weighted by molar-refractivity contribution is 5.76. The van der Waals surface area contributed by atoms with E-state index in [1.165, 1.54) is 6.07 Å². The van der Waals surface area contributed by atoms with Gasteiger partial charge in [0.1, 0.15) is 5.82 Å². The molecule has 0 aliphatic carbocycles. The van der Waals surface area contributed by atoms with Crippen molar-refractivity contribution in [3.05, 3.63) is 35.6 Å². The van der Waals surface area contributed by atoms with Crippen LogP contribution in [-0.4, -0.2) is 42.4 Å². The zero-order valence-electron chi connectivity index (χ0n) is 12.3. The smallest absolute Gasteiger partial charge is 0.222 e. The lowest BCUT2D eigenvalue weighted by atomic mass is 10.0. The van der Waals surface area contributed by atoms with Crippen LogP contribution in [0.2, 0.25) is 0 Å². The summed E-state index contributed by atoms with van der Waals surface area (Å²) in [6, 6.07) is 6.81. The van der Waals surface area contributed by atoms with Crippen LogP contribution in [0.4, 0.5) is 4.39 Å². The molecule has 1 aliphatic rings. The van der Waals surface area contributed by atoms with Gasteiger partial charge in [0.15, 0.2) is 0 Å². The molecule has 0 N–H and O–H groups in total. The summed E-state index contributed by atoms with van der Waals surface area (Å²) in [7, 11) is 1.99. The molecule has 0 bridgehead atoms. The molecule has 0 saturated carbocycles. The fourth-order valence-corrected chi connectivity index (χ4v) is 2.67.